The first-order chi connectivity index (χ1) is 10.9. The summed E-state index contributed by atoms with van der Waals surface area (Å²) in [5.41, 5.74) is -0.0150. The minimum atomic E-state index is -4.35. The lowest BCUT2D eigenvalue weighted by atomic mass is 10.1. The zero-order valence-corrected chi connectivity index (χ0v) is 13.2. The second-order valence-electron chi connectivity index (χ2n) is 4.84. The van der Waals surface area contributed by atoms with Crippen LogP contribution in [0.5, 0.6) is 5.75 Å². The molecule has 0 N–H and O–H groups in total. The molecule has 0 spiro atoms. The van der Waals surface area contributed by atoms with Gasteiger partial charge in [-0.1, -0.05) is 24.3 Å². The van der Waals surface area contributed by atoms with Gasteiger partial charge >= 0.3 is 6.18 Å². The van der Waals surface area contributed by atoms with Crippen molar-refractivity contribution in [2.45, 2.75) is 22.7 Å². The van der Waals surface area contributed by atoms with Crippen LogP contribution in [0.3, 0.4) is 0 Å². The lowest BCUT2D eigenvalue weighted by molar-refractivity contribution is -0.137. The van der Waals surface area contributed by atoms with Crippen LogP contribution < -0.4 is 4.74 Å². The number of aldehydes is 1. The van der Waals surface area contributed by atoms with Crippen LogP contribution in [0.15, 0.2) is 53.4 Å². The highest BCUT2D eigenvalue weighted by molar-refractivity contribution is 8.00. The van der Waals surface area contributed by atoms with Gasteiger partial charge in [0.15, 0.2) is 0 Å². The predicted molar refractivity (Wildman–Crippen MR) is 83.9 cm³/mol. The molecular formula is C17H15F3O2S. The van der Waals surface area contributed by atoms with Gasteiger partial charge in [-0.3, -0.25) is 0 Å². The topological polar surface area (TPSA) is 26.3 Å². The van der Waals surface area contributed by atoms with E-state index in [1.54, 1.807) is 13.2 Å². The Bertz CT molecular complexity index is 654. The molecule has 0 saturated heterocycles. The van der Waals surface area contributed by atoms with Crippen molar-refractivity contribution in [2.24, 2.45) is 0 Å². The van der Waals surface area contributed by atoms with Gasteiger partial charge < -0.3 is 9.53 Å². The summed E-state index contributed by atoms with van der Waals surface area (Å²) in [4.78, 5) is 12.1. The number of thioether (sulfide) groups is 1. The van der Waals surface area contributed by atoms with Crippen molar-refractivity contribution in [3.63, 3.8) is 0 Å². The fourth-order valence-corrected chi connectivity index (χ4v) is 3.14. The third-order valence-corrected chi connectivity index (χ3v) is 4.39. The molecule has 0 bridgehead atoms. The number of carbonyl (C=O) groups excluding carboxylic acids is 1. The Kier molecular flexibility index (Phi) is 5.71. The Hall–Kier alpha value is -1.95. The van der Waals surface area contributed by atoms with E-state index in [4.69, 9.17) is 4.74 Å². The van der Waals surface area contributed by atoms with Crippen molar-refractivity contribution >= 4 is 18.0 Å². The maximum Gasteiger partial charge on any atom is 0.416 e. The molecule has 0 heterocycles. The predicted octanol–water partition coefficient (Wildman–Crippen LogP) is 4.62. The second-order valence-corrected chi connectivity index (χ2v) is 6.12. The van der Waals surface area contributed by atoms with E-state index in [2.05, 4.69) is 0 Å². The van der Waals surface area contributed by atoms with E-state index in [9.17, 15) is 18.0 Å². The molecule has 0 aliphatic rings. The highest BCUT2D eigenvalue weighted by Crippen LogP contribution is 2.33. The maximum absolute atomic E-state index is 12.5. The molecule has 1 unspecified atom stereocenters. The van der Waals surface area contributed by atoms with Crippen LogP contribution >= 0.6 is 11.8 Å². The number of carbonyl (C=O) groups is 1. The van der Waals surface area contributed by atoms with Crippen molar-refractivity contribution in [2.75, 3.05) is 7.11 Å². The van der Waals surface area contributed by atoms with Crippen molar-refractivity contribution in [1.29, 1.82) is 0 Å². The molecule has 0 aromatic heterocycles. The average molecular weight is 340 g/mol. The van der Waals surface area contributed by atoms with Gasteiger partial charge in [0.2, 0.25) is 0 Å². The molecule has 0 amide bonds. The second kappa shape index (κ2) is 7.55. The Balaban J connectivity index is 2.09. The van der Waals surface area contributed by atoms with Crippen molar-refractivity contribution in [3.05, 3.63) is 59.7 Å². The van der Waals surface area contributed by atoms with Crippen molar-refractivity contribution in [3.8, 4) is 5.75 Å². The van der Waals surface area contributed by atoms with Gasteiger partial charge in [0.05, 0.1) is 22.8 Å². The molecule has 2 aromatic carbocycles. The zero-order valence-electron chi connectivity index (χ0n) is 12.3. The number of hydrogen-bond acceptors (Lipinski definition) is 3. The number of rotatable bonds is 6. The first-order valence-electron chi connectivity index (χ1n) is 6.85. The minimum absolute atomic E-state index is 0.352. The summed E-state index contributed by atoms with van der Waals surface area (Å²) in [6, 6.07) is 12.2. The number of halogens is 3. The SMILES string of the molecule is COc1ccccc1SC(C=O)Cc1ccc(C(F)(F)F)cc1. The Morgan fingerprint density at radius 1 is 1.13 bits per heavy atom. The number of para-hydroxylation sites is 1. The van der Waals surface area contributed by atoms with Crippen LogP contribution in [-0.2, 0) is 17.4 Å². The van der Waals surface area contributed by atoms with E-state index < -0.39 is 17.0 Å². The van der Waals surface area contributed by atoms with E-state index in [0.717, 1.165) is 23.3 Å². The van der Waals surface area contributed by atoms with Crippen LogP contribution in [-0.4, -0.2) is 18.6 Å². The van der Waals surface area contributed by atoms with Gasteiger partial charge in [0, 0.05) is 0 Å². The molecule has 0 saturated carbocycles. The Morgan fingerprint density at radius 2 is 1.78 bits per heavy atom. The molecule has 23 heavy (non-hydrogen) atoms. The Morgan fingerprint density at radius 3 is 2.35 bits per heavy atom. The molecular weight excluding hydrogens is 325 g/mol. The molecule has 122 valence electrons. The van der Waals surface area contributed by atoms with Gasteiger partial charge in [0.25, 0.3) is 0 Å². The number of hydrogen-bond donors (Lipinski definition) is 0. The van der Waals surface area contributed by atoms with Gasteiger partial charge in [-0.15, -0.1) is 11.8 Å². The van der Waals surface area contributed by atoms with Crippen LogP contribution in [0.25, 0.3) is 0 Å². The summed E-state index contributed by atoms with van der Waals surface area (Å²) >= 11 is 1.33. The molecule has 0 fully saturated rings. The summed E-state index contributed by atoms with van der Waals surface area (Å²) in [7, 11) is 1.55. The summed E-state index contributed by atoms with van der Waals surface area (Å²) in [5.74, 6) is 0.664. The zero-order chi connectivity index (χ0) is 16.9. The highest BCUT2D eigenvalue weighted by Gasteiger charge is 2.30. The largest absolute Gasteiger partial charge is 0.496 e. The maximum atomic E-state index is 12.5. The van der Waals surface area contributed by atoms with Gasteiger partial charge in [-0.2, -0.15) is 13.2 Å². The van der Waals surface area contributed by atoms with Crippen molar-refractivity contribution in [1.82, 2.24) is 0 Å². The minimum Gasteiger partial charge on any atom is -0.496 e. The van der Waals surface area contributed by atoms with E-state index in [0.29, 0.717) is 17.7 Å². The highest BCUT2D eigenvalue weighted by atomic mass is 32.2. The molecule has 0 aliphatic carbocycles. The van der Waals surface area contributed by atoms with Crippen LogP contribution in [0, 0.1) is 0 Å². The number of methoxy groups -OCH3 is 1. The molecule has 0 radical (unpaired) electrons. The molecule has 2 aromatic rings. The third kappa shape index (κ3) is 4.76. The fraction of sp³-hybridized carbons (Fsp3) is 0.235. The lowest BCUT2D eigenvalue weighted by Crippen LogP contribution is -2.10. The van der Waals surface area contributed by atoms with E-state index >= 15 is 0 Å². The summed E-state index contributed by atoms with van der Waals surface area (Å²) in [5, 5.41) is -0.400. The third-order valence-electron chi connectivity index (χ3n) is 3.22. The van der Waals surface area contributed by atoms with E-state index in [1.165, 1.54) is 23.9 Å². The van der Waals surface area contributed by atoms with E-state index in [1.807, 2.05) is 18.2 Å². The normalized spacial score (nSPS) is 12.7. The standard InChI is InChI=1S/C17H15F3O2S/c1-22-15-4-2-3-5-16(15)23-14(11-21)10-12-6-8-13(9-7-12)17(18,19)20/h2-9,11,14H,10H2,1H3. The number of benzene rings is 2. The summed E-state index contributed by atoms with van der Waals surface area (Å²) in [6.45, 7) is 0. The lowest BCUT2D eigenvalue weighted by Gasteiger charge is -2.13. The molecule has 2 nitrogen and oxygen atoms in total. The van der Waals surface area contributed by atoms with Gasteiger partial charge in [-0.25, -0.2) is 0 Å². The summed E-state index contributed by atoms with van der Waals surface area (Å²) in [6.07, 6.45) is -3.20. The average Bonchev–Trinajstić information content (AvgIpc) is 2.54. The monoisotopic (exact) mass is 340 g/mol. The van der Waals surface area contributed by atoms with Crippen LogP contribution in [0.1, 0.15) is 11.1 Å². The number of ether oxygens (including phenoxy) is 1. The molecule has 6 heteroatoms. The van der Waals surface area contributed by atoms with Gasteiger partial charge in [0.1, 0.15) is 12.0 Å². The van der Waals surface area contributed by atoms with Crippen LogP contribution in [0.4, 0.5) is 13.2 Å². The van der Waals surface area contributed by atoms with Gasteiger partial charge in [-0.05, 0) is 36.2 Å². The Labute approximate surface area is 136 Å². The van der Waals surface area contributed by atoms with Crippen molar-refractivity contribution < 1.29 is 22.7 Å². The van der Waals surface area contributed by atoms with Crippen LogP contribution in [0.2, 0.25) is 0 Å². The fourth-order valence-electron chi connectivity index (χ4n) is 2.06. The smallest absolute Gasteiger partial charge is 0.416 e. The van der Waals surface area contributed by atoms with E-state index in [-0.39, 0.29) is 0 Å². The quantitative estimate of drug-likeness (QED) is 0.567. The number of alkyl halides is 3. The molecule has 2 rings (SSSR count). The summed E-state index contributed by atoms with van der Waals surface area (Å²) < 4.78 is 42.9. The first-order valence-corrected chi connectivity index (χ1v) is 7.73. The molecule has 0 aliphatic heterocycles. The molecule has 1 atom stereocenters. The first kappa shape index (κ1) is 17.4.